The van der Waals surface area contributed by atoms with Crippen LogP contribution >= 0.6 is 11.3 Å². The number of carbonyl (C=O) groups excluding carboxylic acids is 1. The highest BCUT2D eigenvalue weighted by molar-refractivity contribution is 7.13. The SMILES string of the molecule is Cc1ccc(-c2nc(CCNC(=O)Cc3ccc(C)nc3)cs2)cc1. The first-order valence-electron chi connectivity index (χ1n) is 8.30. The van der Waals surface area contributed by atoms with Gasteiger partial charge in [0.2, 0.25) is 5.91 Å². The molecule has 0 bridgehead atoms. The Balaban J connectivity index is 1.48. The van der Waals surface area contributed by atoms with Gasteiger partial charge in [0.25, 0.3) is 0 Å². The number of rotatable bonds is 6. The van der Waals surface area contributed by atoms with Crippen LogP contribution in [0.5, 0.6) is 0 Å². The topological polar surface area (TPSA) is 54.9 Å². The maximum absolute atomic E-state index is 12.0. The summed E-state index contributed by atoms with van der Waals surface area (Å²) in [5.41, 5.74) is 5.28. The van der Waals surface area contributed by atoms with E-state index in [9.17, 15) is 4.79 Å². The second-order valence-electron chi connectivity index (χ2n) is 6.09. The third-order valence-corrected chi connectivity index (χ3v) is 4.83. The molecule has 2 aromatic heterocycles. The highest BCUT2D eigenvalue weighted by Gasteiger charge is 2.07. The van der Waals surface area contributed by atoms with Crippen molar-refractivity contribution in [1.82, 2.24) is 15.3 Å². The fourth-order valence-corrected chi connectivity index (χ4v) is 3.29. The van der Waals surface area contributed by atoms with Crippen molar-refractivity contribution in [3.05, 3.63) is 70.5 Å². The van der Waals surface area contributed by atoms with Gasteiger partial charge in [-0.3, -0.25) is 9.78 Å². The Bertz CT molecular complexity index is 838. The minimum Gasteiger partial charge on any atom is -0.355 e. The van der Waals surface area contributed by atoms with Crippen molar-refractivity contribution in [1.29, 1.82) is 0 Å². The van der Waals surface area contributed by atoms with Gasteiger partial charge in [-0.15, -0.1) is 11.3 Å². The van der Waals surface area contributed by atoms with Crippen LogP contribution in [0, 0.1) is 13.8 Å². The average molecular weight is 351 g/mol. The lowest BCUT2D eigenvalue weighted by Crippen LogP contribution is -2.27. The van der Waals surface area contributed by atoms with E-state index in [2.05, 4.69) is 51.9 Å². The first-order chi connectivity index (χ1) is 12.1. The predicted octanol–water partition coefficient (Wildman–Crippen LogP) is 3.72. The number of pyridine rings is 1. The van der Waals surface area contributed by atoms with E-state index in [4.69, 9.17) is 0 Å². The van der Waals surface area contributed by atoms with Gasteiger partial charge in [-0.1, -0.05) is 35.9 Å². The summed E-state index contributed by atoms with van der Waals surface area (Å²) in [6.45, 7) is 4.60. The normalized spacial score (nSPS) is 10.6. The number of carbonyl (C=O) groups is 1. The van der Waals surface area contributed by atoms with Crippen LogP contribution in [0.3, 0.4) is 0 Å². The maximum Gasteiger partial charge on any atom is 0.224 e. The Labute approximate surface area is 152 Å². The summed E-state index contributed by atoms with van der Waals surface area (Å²) >= 11 is 1.64. The molecule has 0 radical (unpaired) electrons. The number of thiazole rings is 1. The first kappa shape index (κ1) is 17.3. The van der Waals surface area contributed by atoms with E-state index in [1.807, 2.05) is 19.1 Å². The molecule has 25 heavy (non-hydrogen) atoms. The van der Waals surface area contributed by atoms with Gasteiger partial charge in [0.15, 0.2) is 0 Å². The molecule has 0 atom stereocenters. The van der Waals surface area contributed by atoms with Gasteiger partial charge < -0.3 is 5.32 Å². The molecule has 1 amide bonds. The summed E-state index contributed by atoms with van der Waals surface area (Å²) in [5, 5.41) is 6.03. The second kappa shape index (κ2) is 8.03. The zero-order chi connectivity index (χ0) is 17.6. The Morgan fingerprint density at radius 3 is 2.64 bits per heavy atom. The Kier molecular flexibility index (Phi) is 5.56. The van der Waals surface area contributed by atoms with E-state index in [-0.39, 0.29) is 5.91 Å². The van der Waals surface area contributed by atoms with E-state index in [0.717, 1.165) is 33.9 Å². The molecule has 1 aromatic carbocycles. The molecular formula is C20H21N3OS. The van der Waals surface area contributed by atoms with Gasteiger partial charge in [0.05, 0.1) is 12.1 Å². The van der Waals surface area contributed by atoms with Crippen LogP contribution in [-0.4, -0.2) is 22.4 Å². The molecule has 5 heteroatoms. The van der Waals surface area contributed by atoms with Gasteiger partial charge in [0, 0.05) is 35.8 Å². The number of aryl methyl sites for hydroxylation is 2. The standard InChI is InChI=1S/C20H21N3OS/c1-14-3-7-17(8-4-14)20-23-18(13-25-20)9-10-21-19(24)11-16-6-5-15(2)22-12-16/h3-8,12-13H,9-11H2,1-2H3,(H,21,24). The number of hydrogen-bond acceptors (Lipinski definition) is 4. The Hall–Kier alpha value is -2.53. The molecule has 3 aromatic rings. The maximum atomic E-state index is 12.0. The smallest absolute Gasteiger partial charge is 0.224 e. The summed E-state index contributed by atoms with van der Waals surface area (Å²) in [6, 6.07) is 12.2. The average Bonchev–Trinajstić information content (AvgIpc) is 3.06. The fraction of sp³-hybridized carbons (Fsp3) is 0.250. The van der Waals surface area contributed by atoms with Crippen molar-refractivity contribution >= 4 is 17.2 Å². The van der Waals surface area contributed by atoms with Gasteiger partial charge in [-0.2, -0.15) is 0 Å². The zero-order valence-electron chi connectivity index (χ0n) is 14.5. The molecule has 0 aliphatic rings. The van der Waals surface area contributed by atoms with Crippen LogP contribution in [-0.2, 0) is 17.6 Å². The summed E-state index contributed by atoms with van der Waals surface area (Å²) in [7, 11) is 0. The summed E-state index contributed by atoms with van der Waals surface area (Å²) < 4.78 is 0. The van der Waals surface area contributed by atoms with Crippen LogP contribution in [0.15, 0.2) is 48.0 Å². The lowest BCUT2D eigenvalue weighted by Gasteiger charge is -2.04. The number of aromatic nitrogens is 2. The zero-order valence-corrected chi connectivity index (χ0v) is 15.3. The molecular weight excluding hydrogens is 330 g/mol. The van der Waals surface area contributed by atoms with Crippen LogP contribution in [0.2, 0.25) is 0 Å². The second-order valence-corrected chi connectivity index (χ2v) is 6.95. The molecule has 0 aliphatic carbocycles. The molecule has 0 spiro atoms. The molecule has 128 valence electrons. The molecule has 0 aliphatic heterocycles. The van der Waals surface area contributed by atoms with Crippen molar-refractivity contribution < 1.29 is 4.79 Å². The molecule has 2 heterocycles. The van der Waals surface area contributed by atoms with E-state index >= 15 is 0 Å². The van der Waals surface area contributed by atoms with Gasteiger partial charge >= 0.3 is 0 Å². The van der Waals surface area contributed by atoms with Gasteiger partial charge in [-0.25, -0.2) is 4.98 Å². The minimum atomic E-state index is 0.0136. The Morgan fingerprint density at radius 2 is 1.92 bits per heavy atom. The quantitative estimate of drug-likeness (QED) is 0.736. The number of benzene rings is 1. The van der Waals surface area contributed by atoms with Crippen molar-refractivity contribution in [2.45, 2.75) is 26.7 Å². The van der Waals surface area contributed by atoms with E-state index < -0.39 is 0 Å². The summed E-state index contributed by atoms with van der Waals surface area (Å²) in [4.78, 5) is 20.9. The van der Waals surface area contributed by atoms with Crippen LogP contribution in [0.1, 0.15) is 22.5 Å². The molecule has 0 saturated carbocycles. The number of hydrogen-bond donors (Lipinski definition) is 1. The van der Waals surface area contributed by atoms with E-state index in [1.54, 1.807) is 17.5 Å². The van der Waals surface area contributed by atoms with Crippen molar-refractivity contribution in [2.75, 3.05) is 6.54 Å². The third kappa shape index (κ3) is 4.97. The monoisotopic (exact) mass is 351 g/mol. The predicted molar refractivity (Wildman–Crippen MR) is 102 cm³/mol. The molecule has 0 fully saturated rings. The molecule has 1 N–H and O–H groups in total. The summed E-state index contributed by atoms with van der Waals surface area (Å²) in [6.07, 6.45) is 2.85. The number of amides is 1. The van der Waals surface area contributed by atoms with Crippen molar-refractivity contribution in [2.24, 2.45) is 0 Å². The molecule has 0 saturated heterocycles. The lowest BCUT2D eigenvalue weighted by atomic mass is 10.2. The van der Waals surface area contributed by atoms with Crippen molar-refractivity contribution in [3.63, 3.8) is 0 Å². The summed E-state index contributed by atoms with van der Waals surface area (Å²) in [5.74, 6) is 0.0136. The van der Waals surface area contributed by atoms with E-state index in [0.29, 0.717) is 13.0 Å². The number of nitrogens with zero attached hydrogens (tertiary/aromatic N) is 2. The van der Waals surface area contributed by atoms with Gasteiger partial charge in [-0.05, 0) is 25.5 Å². The van der Waals surface area contributed by atoms with Crippen LogP contribution < -0.4 is 5.32 Å². The largest absolute Gasteiger partial charge is 0.355 e. The molecule has 4 nitrogen and oxygen atoms in total. The van der Waals surface area contributed by atoms with E-state index in [1.165, 1.54) is 5.56 Å². The highest BCUT2D eigenvalue weighted by atomic mass is 32.1. The first-order valence-corrected chi connectivity index (χ1v) is 9.18. The van der Waals surface area contributed by atoms with Gasteiger partial charge in [0.1, 0.15) is 5.01 Å². The van der Waals surface area contributed by atoms with Crippen molar-refractivity contribution in [3.8, 4) is 10.6 Å². The third-order valence-electron chi connectivity index (χ3n) is 3.89. The van der Waals surface area contributed by atoms with Crippen LogP contribution in [0.25, 0.3) is 10.6 Å². The molecule has 0 unspecified atom stereocenters. The Morgan fingerprint density at radius 1 is 1.12 bits per heavy atom. The lowest BCUT2D eigenvalue weighted by molar-refractivity contribution is -0.120. The highest BCUT2D eigenvalue weighted by Crippen LogP contribution is 2.24. The number of nitrogens with one attached hydrogen (secondary N) is 1. The minimum absolute atomic E-state index is 0.0136. The fourth-order valence-electron chi connectivity index (χ4n) is 2.43. The molecule has 3 rings (SSSR count). The van der Waals surface area contributed by atoms with Crippen LogP contribution in [0.4, 0.5) is 0 Å².